The molecule has 1 aromatic heterocycles. The number of nitrogens with two attached hydrogens (primary N) is 1. The molecule has 0 aliphatic carbocycles. The van der Waals surface area contributed by atoms with Crippen molar-refractivity contribution < 1.29 is 14.1 Å². The number of rotatable bonds is 4. The first kappa shape index (κ1) is 13.3. The molecule has 0 amide bonds. The van der Waals surface area contributed by atoms with E-state index in [-0.39, 0.29) is 23.2 Å². The van der Waals surface area contributed by atoms with Gasteiger partial charge in [-0.25, -0.2) is 14.4 Å². The number of nitro benzene ring substituents is 1. The van der Waals surface area contributed by atoms with Crippen molar-refractivity contribution >= 4 is 11.5 Å². The molecule has 0 saturated heterocycles. The molecule has 9 heteroatoms. The Balaban J connectivity index is 2.30. The number of nitrogens with zero attached hydrogens (tertiary/aromatic N) is 3. The Morgan fingerprint density at radius 2 is 2.15 bits per heavy atom. The van der Waals surface area contributed by atoms with Crippen molar-refractivity contribution in [3.05, 3.63) is 52.2 Å². The molecule has 1 heterocycles. The SMILES string of the molecule is N=C(N)c1cnc(Oc2ccc(F)cc2[N+](=O)[O-])cn1. The lowest BCUT2D eigenvalue weighted by atomic mass is 10.3. The van der Waals surface area contributed by atoms with Crippen molar-refractivity contribution in [3.8, 4) is 11.6 Å². The quantitative estimate of drug-likeness (QED) is 0.378. The van der Waals surface area contributed by atoms with Crippen molar-refractivity contribution in [2.24, 2.45) is 5.73 Å². The molecule has 0 radical (unpaired) electrons. The molecule has 1 aromatic carbocycles. The van der Waals surface area contributed by atoms with Crippen LogP contribution < -0.4 is 10.5 Å². The summed E-state index contributed by atoms with van der Waals surface area (Å²) in [6.07, 6.45) is 2.34. The third-order valence-corrected chi connectivity index (χ3v) is 2.24. The van der Waals surface area contributed by atoms with Crippen molar-refractivity contribution in [1.82, 2.24) is 9.97 Å². The summed E-state index contributed by atoms with van der Waals surface area (Å²) in [4.78, 5) is 17.6. The molecule has 0 fully saturated rings. The van der Waals surface area contributed by atoms with E-state index in [9.17, 15) is 14.5 Å². The molecular formula is C11H8FN5O3. The summed E-state index contributed by atoms with van der Waals surface area (Å²) in [6, 6.07) is 2.89. The lowest BCUT2D eigenvalue weighted by molar-refractivity contribution is -0.385. The highest BCUT2D eigenvalue weighted by Gasteiger charge is 2.17. The van der Waals surface area contributed by atoms with Gasteiger partial charge in [-0.15, -0.1) is 0 Å². The van der Waals surface area contributed by atoms with Gasteiger partial charge in [0, 0.05) is 0 Å². The lowest BCUT2D eigenvalue weighted by Crippen LogP contribution is -2.13. The van der Waals surface area contributed by atoms with E-state index >= 15 is 0 Å². The van der Waals surface area contributed by atoms with E-state index in [1.165, 1.54) is 6.20 Å². The van der Waals surface area contributed by atoms with Gasteiger partial charge in [0.15, 0.2) is 0 Å². The maximum Gasteiger partial charge on any atom is 0.314 e. The van der Waals surface area contributed by atoms with Crippen LogP contribution in [0, 0.1) is 21.3 Å². The number of hydrogen-bond acceptors (Lipinski definition) is 6. The minimum atomic E-state index is -0.768. The Bertz CT molecular complexity index is 674. The van der Waals surface area contributed by atoms with E-state index in [0.29, 0.717) is 0 Å². The molecule has 102 valence electrons. The standard InChI is InChI=1S/C11H8FN5O3/c12-6-1-2-9(8(3-6)17(18)19)20-10-5-15-7(4-16-10)11(13)14/h1-5H,(H3,13,14). The zero-order chi connectivity index (χ0) is 14.7. The number of nitro groups is 1. The molecular weight excluding hydrogens is 269 g/mol. The fourth-order valence-corrected chi connectivity index (χ4v) is 1.34. The van der Waals surface area contributed by atoms with Crippen LogP contribution in [-0.2, 0) is 0 Å². The van der Waals surface area contributed by atoms with Crippen LogP contribution in [0.25, 0.3) is 0 Å². The number of halogens is 1. The van der Waals surface area contributed by atoms with Gasteiger partial charge in [0.05, 0.1) is 23.4 Å². The van der Waals surface area contributed by atoms with E-state index in [0.717, 1.165) is 24.4 Å². The summed E-state index contributed by atoms with van der Waals surface area (Å²) in [5.74, 6) is -1.22. The van der Waals surface area contributed by atoms with Gasteiger partial charge in [0.1, 0.15) is 17.3 Å². The third kappa shape index (κ3) is 2.83. The molecule has 0 atom stereocenters. The molecule has 0 unspecified atom stereocenters. The van der Waals surface area contributed by atoms with Crippen LogP contribution in [-0.4, -0.2) is 20.7 Å². The Morgan fingerprint density at radius 1 is 1.40 bits per heavy atom. The second kappa shape index (κ2) is 5.26. The summed E-state index contributed by atoms with van der Waals surface area (Å²) < 4.78 is 18.1. The van der Waals surface area contributed by atoms with Gasteiger partial charge in [-0.05, 0) is 12.1 Å². The molecule has 3 N–H and O–H groups in total. The van der Waals surface area contributed by atoms with Gasteiger partial charge in [0.25, 0.3) is 0 Å². The molecule has 8 nitrogen and oxygen atoms in total. The topological polar surface area (TPSA) is 128 Å². The van der Waals surface area contributed by atoms with Crippen LogP contribution in [0.3, 0.4) is 0 Å². The van der Waals surface area contributed by atoms with Crippen molar-refractivity contribution in [3.63, 3.8) is 0 Å². The van der Waals surface area contributed by atoms with Crippen LogP contribution in [0.15, 0.2) is 30.6 Å². The van der Waals surface area contributed by atoms with Crippen LogP contribution in [0.2, 0.25) is 0 Å². The number of benzene rings is 1. The minimum Gasteiger partial charge on any atom is -0.430 e. The lowest BCUT2D eigenvalue weighted by Gasteiger charge is -2.05. The number of amidine groups is 1. The predicted molar refractivity (Wildman–Crippen MR) is 66.2 cm³/mol. The van der Waals surface area contributed by atoms with E-state index in [4.69, 9.17) is 15.9 Å². The first-order valence-corrected chi connectivity index (χ1v) is 5.25. The monoisotopic (exact) mass is 277 g/mol. The van der Waals surface area contributed by atoms with Crippen LogP contribution in [0.4, 0.5) is 10.1 Å². The second-order valence-corrected chi connectivity index (χ2v) is 3.62. The maximum atomic E-state index is 13.0. The average molecular weight is 277 g/mol. The number of ether oxygens (including phenoxy) is 1. The van der Waals surface area contributed by atoms with Gasteiger partial charge in [-0.3, -0.25) is 15.5 Å². The summed E-state index contributed by atoms with van der Waals surface area (Å²) in [6.45, 7) is 0. The van der Waals surface area contributed by atoms with Crippen LogP contribution in [0.1, 0.15) is 5.69 Å². The van der Waals surface area contributed by atoms with E-state index in [1.807, 2.05) is 0 Å². The predicted octanol–water partition coefficient (Wildman–Crippen LogP) is 1.60. The summed E-state index contributed by atoms with van der Waals surface area (Å²) in [5, 5.41) is 17.9. The van der Waals surface area contributed by atoms with Crippen molar-refractivity contribution in [2.45, 2.75) is 0 Å². The molecule has 2 aromatic rings. The molecule has 0 saturated carbocycles. The van der Waals surface area contributed by atoms with Crippen LogP contribution in [0.5, 0.6) is 11.6 Å². The maximum absolute atomic E-state index is 13.0. The fourth-order valence-electron chi connectivity index (χ4n) is 1.34. The Labute approximate surface area is 111 Å². The zero-order valence-corrected chi connectivity index (χ0v) is 9.91. The number of aromatic nitrogens is 2. The summed E-state index contributed by atoms with van der Waals surface area (Å²) in [5.41, 5.74) is 4.82. The summed E-state index contributed by atoms with van der Waals surface area (Å²) >= 11 is 0. The Hall–Kier alpha value is -3.10. The van der Waals surface area contributed by atoms with E-state index < -0.39 is 16.4 Å². The zero-order valence-electron chi connectivity index (χ0n) is 9.91. The largest absolute Gasteiger partial charge is 0.430 e. The summed E-state index contributed by atoms with van der Waals surface area (Å²) in [7, 11) is 0. The number of nitrogen functional groups attached to an aromatic ring is 1. The molecule has 0 spiro atoms. The molecule has 0 aliphatic heterocycles. The highest BCUT2D eigenvalue weighted by atomic mass is 19.1. The van der Waals surface area contributed by atoms with E-state index in [2.05, 4.69) is 9.97 Å². The highest BCUT2D eigenvalue weighted by molar-refractivity contribution is 5.92. The number of nitrogens with one attached hydrogen (secondary N) is 1. The fraction of sp³-hybridized carbons (Fsp3) is 0. The smallest absolute Gasteiger partial charge is 0.314 e. The Kier molecular flexibility index (Phi) is 3.51. The molecule has 20 heavy (non-hydrogen) atoms. The minimum absolute atomic E-state index is 0.0373. The van der Waals surface area contributed by atoms with Gasteiger partial charge in [-0.1, -0.05) is 0 Å². The van der Waals surface area contributed by atoms with Gasteiger partial charge >= 0.3 is 5.69 Å². The van der Waals surface area contributed by atoms with Crippen molar-refractivity contribution in [1.29, 1.82) is 5.41 Å². The molecule has 0 aliphatic rings. The molecule has 2 rings (SSSR count). The Morgan fingerprint density at radius 3 is 2.70 bits per heavy atom. The average Bonchev–Trinajstić information content (AvgIpc) is 2.41. The van der Waals surface area contributed by atoms with Crippen LogP contribution >= 0.6 is 0 Å². The van der Waals surface area contributed by atoms with Gasteiger partial charge in [-0.2, -0.15) is 0 Å². The van der Waals surface area contributed by atoms with Gasteiger partial charge in [0.2, 0.25) is 11.6 Å². The highest BCUT2D eigenvalue weighted by Crippen LogP contribution is 2.30. The normalized spacial score (nSPS) is 10.1. The third-order valence-electron chi connectivity index (χ3n) is 2.24. The first-order chi connectivity index (χ1) is 9.47. The molecule has 0 bridgehead atoms. The van der Waals surface area contributed by atoms with Gasteiger partial charge < -0.3 is 10.5 Å². The van der Waals surface area contributed by atoms with Crippen molar-refractivity contribution in [2.75, 3.05) is 0 Å². The van der Waals surface area contributed by atoms with E-state index in [1.54, 1.807) is 0 Å². The first-order valence-electron chi connectivity index (χ1n) is 5.25. The number of hydrogen-bond donors (Lipinski definition) is 2. The second-order valence-electron chi connectivity index (χ2n) is 3.62.